The molecular formula is C13H10N6. The van der Waals surface area contributed by atoms with Crippen LogP contribution in [0.2, 0.25) is 0 Å². The highest BCUT2D eigenvalue weighted by Gasteiger charge is 2.07. The van der Waals surface area contributed by atoms with Crippen molar-refractivity contribution in [1.82, 2.24) is 24.5 Å². The zero-order valence-electron chi connectivity index (χ0n) is 9.91. The molecule has 6 nitrogen and oxygen atoms in total. The van der Waals surface area contributed by atoms with E-state index in [1.54, 1.807) is 24.9 Å². The van der Waals surface area contributed by atoms with Crippen LogP contribution in [-0.2, 0) is 0 Å². The van der Waals surface area contributed by atoms with E-state index in [0.29, 0.717) is 5.82 Å². The Balaban J connectivity index is 2.06. The summed E-state index contributed by atoms with van der Waals surface area (Å²) in [6.45, 7) is 0. The second-order valence-corrected chi connectivity index (χ2v) is 4.34. The number of fused-ring (bicyclic) bond motifs is 3. The number of nitrogens with one attached hydrogen (secondary N) is 1. The van der Waals surface area contributed by atoms with E-state index >= 15 is 0 Å². The van der Waals surface area contributed by atoms with Gasteiger partial charge in [0.2, 0.25) is 0 Å². The maximum Gasteiger partial charge on any atom is 0.138 e. The fraction of sp³-hybridized carbons (Fsp3) is 0. The highest BCUT2D eigenvalue weighted by atomic mass is 15.0. The number of hydrogen-bond acceptors (Lipinski definition) is 4. The van der Waals surface area contributed by atoms with Crippen molar-refractivity contribution in [3.05, 3.63) is 43.2 Å². The normalized spacial score (nSPS) is 11.4. The monoisotopic (exact) mass is 250 g/mol. The number of imidazole rings is 1. The van der Waals surface area contributed by atoms with Crippen LogP contribution in [0.3, 0.4) is 0 Å². The molecule has 0 aromatic carbocycles. The molecular weight excluding hydrogens is 240 g/mol. The molecule has 0 saturated carbocycles. The maximum absolute atomic E-state index is 5.75. The van der Waals surface area contributed by atoms with Gasteiger partial charge in [-0.3, -0.25) is 0 Å². The van der Waals surface area contributed by atoms with Crippen molar-refractivity contribution >= 4 is 27.8 Å². The van der Waals surface area contributed by atoms with Crippen molar-refractivity contribution in [1.29, 1.82) is 0 Å². The standard InChI is InChI=1S/C13H10N6/c14-12-4-9-10-3-8(19-2-1-15-7-19)5-17-13(10)18-11(9)6-16-12/h1-7H,(H2,14,16)(H,17,18). The number of aromatic nitrogens is 5. The van der Waals surface area contributed by atoms with Gasteiger partial charge in [-0.1, -0.05) is 0 Å². The molecule has 4 rings (SSSR count). The SMILES string of the molecule is Nc1cc2c(cn1)[nH]c1ncc(-n3ccnc3)cc12. The van der Waals surface area contributed by atoms with Crippen LogP contribution in [-0.4, -0.2) is 24.5 Å². The largest absolute Gasteiger partial charge is 0.384 e. The Bertz CT molecular complexity index is 875. The Labute approximate surface area is 107 Å². The molecule has 0 radical (unpaired) electrons. The first kappa shape index (κ1) is 10.1. The van der Waals surface area contributed by atoms with Crippen LogP contribution in [0.4, 0.5) is 5.82 Å². The highest BCUT2D eigenvalue weighted by Crippen LogP contribution is 2.26. The lowest BCUT2D eigenvalue weighted by Gasteiger charge is -2.01. The summed E-state index contributed by atoms with van der Waals surface area (Å²) in [4.78, 5) is 15.8. The molecule has 4 aromatic rings. The second-order valence-electron chi connectivity index (χ2n) is 4.34. The molecule has 0 atom stereocenters. The van der Waals surface area contributed by atoms with Crippen LogP contribution in [0.1, 0.15) is 0 Å². The van der Waals surface area contributed by atoms with E-state index in [-0.39, 0.29) is 0 Å². The summed E-state index contributed by atoms with van der Waals surface area (Å²) >= 11 is 0. The Hall–Kier alpha value is -2.89. The van der Waals surface area contributed by atoms with E-state index in [1.807, 2.05) is 16.8 Å². The Morgan fingerprint density at radius 3 is 2.89 bits per heavy atom. The number of aromatic amines is 1. The van der Waals surface area contributed by atoms with Gasteiger partial charge in [0.25, 0.3) is 0 Å². The summed E-state index contributed by atoms with van der Waals surface area (Å²) in [6, 6.07) is 3.91. The van der Waals surface area contributed by atoms with Crippen molar-refractivity contribution in [2.75, 3.05) is 5.73 Å². The maximum atomic E-state index is 5.75. The minimum Gasteiger partial charge on any atom is -0.384 e. The minimum atomic E-state index is 0.501. The van der Waals surface area contributed by atoms with Gasteiger partial charge < -0.3 is 15.3 Å². The second kappa shape index (κ2) is 3.55. The van der Waals surface area contributed by atoms with Crippen LogP contribution in [0, 0.1) is 0 Å². The Morgan fingerprint density at radius 2 is 2.05 bits per heavy atom. The summed E-state index contributed by atoms with van der Waals surface area (Å²) in [5.74, 6) is 0.501. The van der Waals surface area contributed by atoms with Gasteiger partial charge >= 0.3 is 0 Å². The fourth-order valence-corrected chi connectivity index (χ4v) is 2.23. The molecule has 0 aliphatic rings. The number of rotatable bonds is 1. The molecule has 0 aliphatic heterocycles. The molecule has 0 spiro atoms. The molecule has 0 unspecified atom stereocenters. The van der Waals surface area contributed by atoms with Crippen LogP contribution in [0.5, 0.6) is 0 Å². The first-order valence-electron chi connectivity index (χ1n) is 5.82. The highest BCUT2D eigenvalue weighted by molar-refractivity contribution is 6.06. The molecule has 4 aromatic heterocycles. The van der Waals surface area contributed by atoms with Gasteiger partial charge in [0.05, 0.1) is 29.9 Å². The summed E-state index contributed by atoms with van der Waals surface area (Å²) in [5.41, 5.74) is 8.46. The minimum absolute atomic E-state index is 0.501. The topological polar surface area (TPSA) is 85.4 Å². The summed E-state index contributed by atoms with van der Waals surface area (Å²) in [5, 5.41) is 2.05. The predicted octanol–water partition coefficient (Wildman–Crippen LogP) is 1.88. The molecule has 6 heteroatoms. The zero-order valence-corrected chi connectivity index (χ0v) is 9.91. The van der Waals surface area contributed by atoms with Crippen LogP contribution < -0.4 is 5.73 Å². The lowest BCUT2D eigenvalue weighted by atomic mass is 10.2. The zero-order chi connectivity index (χ0) is 12.8. The van der Waals surface area contributed by atoms with Gasteiger partial charge in [-0.2, -0.15) is 0 Å². The van der Waals surface area contributed by atoms with Gasteiger partial charge in [0.1, 0.15) is 11.5 Å². The quantitative estimate of drug-likeness (QED) is 0.540. The summed E-state index contributed by atoms with van der Waals surface area (Å²) in [7, 11) is 0. The predicted molar refractivity (Wildman–Crippen MR) is 72.9 cm³/mol. The van der Waals surface area contributed by atoms with Gasteiger partial charge in [0, 0.05) is 23.2 Å². The average molecular weight is 250 g/mol. The Kier molecular flexibility index (Phi) is 1.88. The van der Waals surface area contributed by atoms with E-state index in [1.165, 1.54) is 0 Å². The lowest BCUT2D eigenvalue weighted by Crippen LogP contribution is -1.91. The summed E-state index contributed by atoms with van der Waals surface area (Å²) < 4.78 is 1.91. The molecule has 19 heavy (non-hydrogen) atoms. The number of anilines is 1. The first-order chi connectivity index (χ1) is 9.31. The smallest absolute Gasteiger partial charge is 0.138 e. The first-order valence-corrected chi connectivity index (χ1v) is 5.82. The molecule has 4 heterocycles. The van der Waals surface area contributed by atoms with Crippen LogP contribution >= 0.6 is 0 Å². The lowest BCUT2D eigenvalue weighted by molar-refractivity contribution is 1.05. The van der Waals surface area contributed by atoms with E-state index in [4.69, 9.17) is 5.73 Å². The number of H-pyrrole nitrogens is 1. The molecule has 0 aliphatic carbocycles. The third kappa shape index (κ3) is 1.46. The van der Waals surface area contributed by atoms with Crippen molar-refractivity contribution in [3.63, 3.8) is 0 Å². The van der Waals surface area contributed by atoms with Crippen molar-refractivity contribution in [2.24, 2.45) is 0 Å². The van der Waals surface area contributed by atoms with Crippen molar-refractivity contribution in [3.8, 4) is 5.69 Å². The van der Waals surface area contributed by atoms with Crippen LogP contribution in [0.15, 0.2) is 43.2 Å². The van der Waals surface area contributed by atoms with Crippen molar-refractivity contribution < 1.29 is 0 Å². The molecule has 92 valence electrons. The third-order valence-electron chi connectivity index (χ3n) is 3.14. The molecule has 0 fully saturated rings. The molecule has 0 bridgehead atoms. The van der Waals surface area contributed by atoms with Crippen LogP contribution in [0.25, 0.3) is 27.6 Å². The van der Waals surface area contributed by atoms with Gasteiger partial charge in [-0.25, -0.2) is 15.0 Å². The average Bonchev–Trinajstić information content (AvgIpc) is 3.05. The number of hydrogen-bond donors (Lipinski definition) is 2. The molecule has 0 amide bonds. The number of pyridine rings is 2. The van der Waals surface area contributed by atoms with E-state index in [2.05, 4.69) is 26.0 Å². The van der Waals surface area contributed by atoms with E-state index < -0.39 is 0 Å². The Morgan fingerprint density at radius 1 is 1.11 bits per heavy atom. The van der Waals surface area contributed by atoms with Gasteiger partial charge in [-0.05, 0) is 12.1 Å². The fourth-order valence-electron chi connectivity index (χ4n) is 2.23. The number of nitrogens with zero attached hydrogens (tertiary/aromatic N) is 4. The summed E-state index contributed by atoms with van der Waals surface area (Å²) in [6.07, 6.45) is 8.89. The van der Waals surface area contributed by atoms with Crippen molar-refractivity contribution in [2.45, 2.75) is 0 Å². The number of nitrogens with two attached hydrogens (primary N) is 1. The molecule has 3 N–H and O–H groups in total. The van der Waals surface area contributed by atoms with E-state index in [9.17, 15) is 0 Å². The van der Waals surface area contributed by atoms with E-state index in [0.717, 1.165) is 27.6 Å². The van der Waals surface area contributed by atoms with Gasteiger partial charge in [-0.15, -0.1) is 0 Å². The molecule has 0 saturated heterocycles. The number of nitrogen functional groups attached to an aromatic ring is 1. The van der Waals surface area contributed by atoms with Gasteiger partial charge in [0.15, 0.2) is 0 Å². The third-order valence-corrected chi connectivity index (χ3v) is 3.14.